The van der Waals surface area contributed by atoms with Gasteiger partial charge in [-0.2, -0.15) is 4.31 Å². The SMILES string of the molecule is CCC1CCCN(S(=O)(=O)c2ccccc2C(=O)O)CC1. The normalized spacial score (nSPS) is 20.9. The van der Waals surface area contributed by atoms with Gasteiger partial charge < -0.3 is 5.11 Å². The summed E-state index contributed by atoms with van der Waals surface area (Å²) in [5.41, 5.74) is -0.159. The number of hydrogen-bond donors (Lipinski definition) is 1. The molecule has 0 amide bonds. The molecule has 1 N–H and O–H groups in total. The van der Waals surface area contributed by atoms with Crippen molar-refractivity contribution in [3.63, 3.8) is 0 Å². The van der Waals surface area contributed by atoms with Gasteiger partial charge in [-0.15, -0.1) is 0 Å². The molecule has 0 spiro atoms. The summed E-state index contributed by atoms with van der Waals surface area (Å²) >= 11 is 0. The van der Waals surface area contributed by atoms with Gasteiger partial charge in [0.05, 0.1) is 10.5 Å². The summed E-state index contributed by atoms with van der Waals surface area (Å²) in [7, 11) is -3.74. The van der Waals surface area contributed by atoms with Crippen molar-refractivity contribution in [3.8, 4) is 0 Å². The smallest absolute Gasteiger partial charge is 0.337 e. The average Bonchev–Trinajstić information content (AvgIpc) is 2.73. The van der Waals surface area contributed by atoms with Crippen LogP contribution in [0.2, 0.25) is 0 Å². The second-order valence-electron chi connectivity index (χ2n) is 5.41. The third-order valence-electron chi connectivity index (χ3n) is 4.12. The van der Waals surface area contributed by atoms with E-state index in [-0.39, 0.29) is 10.5 Å². The van der Waals surface area contributed by atoms with Crippen molar-refractivity contribution in [2.75, 3.05) is 13.1 Å². The van der Waals surface area contributed by atoms with E-state index in [0.717, 1.165) is 25.7 Å². The first-order chi connectivity index (χ1) is 9.96. The van der Waals surface area contributed by atoms with Crippen LogP contribution >= 0.6 is 0 Å². The van der Waals surface area contributed by atoms with E-state index in [1.807, 2.05) is 0 Å². The van der Waals surface area contributed by atoms with Crippen LogP contribution < -0.4 is 0 Å². The fourth-order valence-corrected chi connectivity index (χ4v) is 4.47. The molecule has 21 heavy (non-hydrogen) atoms. The van der Waals surface area contributed by atoms with E-state index in [0.29, 0.717) is 19.0 Å². The van der Waals surface area contributed by atoms with E-state index < -0.39 is 16.0 Å². The molecule has 0 aromatic heterocycles. The summed E-state index contributed by atoms with van der Waals surface area (Å²) in [5.74, 6) is -0.657. The lowest BCUT2D eigenvalue weighted by Gasteiger charge is -2.21. The van der Waals surface area contributed by atoms with Crippen molar-refractivity contribution in [2.24, 2.45) is 5.92 Å². The number of carboxylic acids is 1. The van der Waals surface area contributed by atoms with E-state index in [2.05, 4.69) is 6.92 Å². The zero-order valence-electron chi connectivity index (χ0n) is 12.2. The highest BCUT2D eigenvalue weighted by Gasteiger charge is 2.30. The molecule has 1 unspecified atom stereocenters. The molecule has 0 bridgehead atoms. The third kappa shape index (κ3) is 3.44. The summed E-state index contributed by atoms with van der Waals surface area (Å²) in [4.78, 5) is 11.1. The van der Waals surface area contributed by atoms with Crippen LogP contribution in [0.3, 0.4) is 0 Å². The largest absolute Gasteiger partial charge is 0.478 e. The Hall–Kier alpha value is -1.40. The molecule has 1 heterocycles. The monoisotopic (exact) mass is 311 g/mol. The zero-order chi connectivity index (χ0) is 15.5. The van der Waals surface area contributed by atoms with Crippen LogP contribution in [0.4, 0.5) is 0 Å². The number of aromatic carboxylic acids is 1. The Kier molecular flexibility index (Phi) is 5.00. The fourth-order valence-electron chi connectivity index (χ4n) is 2.79. The van der Waals surface area contributed by atoms with Gasteiger partial charge in [0.25, 0.3) is 0 Å². The number of hydrogen-bond acceptors (Lipinski definition) is 3. The van der Waals surface area contributed by atoms with Crippen LogP contribution in [0.1, 0.15) is 43.0 Å². The second kappa shape index (κ2) is 6.58. The van der Waals surface area contributed by atoms with Gasteiger partial charge in [-0.1, -0.05) is 25.5 Å². The maximum absolute atomic E-state index is 12.7. The molecule has 116 valence electrons. The molecular weight excluding hydrogens is 290 g/mol. The molecular formula is C15H21NO4S. The Balaban J connectivity index is 2.32. The molecule has 1 aliphatic rings. The lowest BCUT2D eigenvalue weighted by Crippen LogP contribution is -2.33. The number of carboxylic acid groups (broad SMARTS) is 1. The number of rotatable bonds is 4. The van der Waals surface area contributed by atoms with Crippen LogP contribution in [0.5, 0.6) is 0 Å². The summed E-state index contributed by atoms with van der Waals surface area (Å²) in [6, 6.07) is 5.81. The summed E-state index contributed by atoms with van der Waals surface area (Å²) < 4.78 is 26.9. The highest BCUT2D eigenvalue weighted by molar-refractivity contribution is 7.89. The van der Waals surface area contributed by atoms with Gasteiger partial charge in [0.15, 0.2) is 0 Å². The highest BCUT2D eigenvalue weighted by atomic mass is 32.2. The first-order valence-electron chi connectivity index (χ1n) is 7.29. The van der Waals surface area contributed by atoms with Gasteiger partial charge in [0, 0.05) is 13.1 Å². The lowest BCUT2D eigenvalue weighted by molar-refractivity contribution is 0.0692. The molecule has 5 nitrogen and oxygen atoms in total. The Morgan fingerprint density at radius 2 is 2.00 bits per heavy atom. The Bertz CT molecular complexity index is 612. The van der Waals surface area contributed by atoms with Crippen LogP contribution in [0, 0.1) is 5.92 Å². The summed E-state index contributed by atoms with van der Waals surface area (Å²) in [6.07, 6.45) is 3.75. The van der Waals surface area contributed by atoms with Gasteiger partial charge in [-0.05, 0) is 37.3 Å². The molecule has 0 saturated carbocycles. The maximum atomic E-state index is 12.7. The Morgan fingerprint density at radius 1 is 1.29 bits per heavy atom. The fraction of sp³-hybridized carbons (Fsp3) is 0.533. The number of carbonyl (C=O) groups is 1. The molecule has 6 heteroatoms. The van der Waals surface area contributed by atoms with Crippen LogP contribution in [0.15, 0.2) is 29.2 Å². The highest BCUT2D eigenvalue weighted by Crippen LogP contribution is 2.26. The zero-order valence-corrected chi connectivity index (χ0v) is 13.0. The predicted octanol–water partition coefficient (Wildman–Crippen LogP) is 2.59. The van der Waals surface area contributed by atoms with Crippen LogP contribution in [0.25, 0.3) is 0 Å². The minimum atomic E-state index is -3.74. The van der Waals surface area contributed by atoms with Crippen LogP contribution in [-0.4, -0.2) is 36.9 Å². The van der Waals surface area contributed by atoms with Crippen molar-refractivity contribution >= 4 is 16.0 Å². The maximum Gasteiger partial charge on any atom is 0.337 e. The van der Waals surface area contributed by atoms with E-state index in [4.69, 9.17) is 0 Å². The molecule has 2 rings (SSSR count). The van der Waals surface area contributed by atoms with E-state index >= 15 is 0 Å². The van der Waals surface area contributed by atoms with Gasteiger partial charge in [0.1, 0.15) is 0 Å². The average molecular weight is 311 g/mol. The molecule has 1 aromatic rings. The van der Waals surface area contributed by atoms with Gasteiger partial charge in [-0.3, -0.25) is 0 Å². The first-order valence-corrected chi connectivity index (χ1v) is 8.73. The lowest BCUT2D eigenvalue weighted by atomic mass is 9.98. The third-order valence-corrected chi connectivity index (χ3v) is 6.08. The van der Waals surface area contributed by atoms with E-state index in [1.54, 1.807) is 6.07 Å². The van der Waals surface area contributed by atoms with Crippen LogP contribution in [-0.2, 0) is 10.0 Å². The summed E-state index contributed by atoms with van der Waals surface area (Å²) in [6.45, 7) is 3.05. The number of nitrogens with zero attached hydrogens (tertiary/aromatic N) is 1. The van der Waals surface area contributed by atoms with Crippen molar-refractivity contribution < 1.29 is 18.3 Å². The Morgan fingerprint density at radius 3 is 2.67 bits per heavy atom. The topological polar surface area (TPSA) is 74.7 Å². The molecule has 0 aliphatic carbocycles. The number of benzene rings is 1. The Labute approximate surface area is 125 Å². The predicted molar refractivity (Wildman–Crippen MR) is 79.8 cm³/mol. The van der Waals surface area contributed by atoms with Crippen molar-refractivity contribution in [3.05, 3.63) is 29.8 Å². The van der Waals surface area contributed by atoms with Gasteiger partial charge in [-0.25, -0.2) is 13.2 Å². The quantitative estimate of drug-likeness (QED) is 0.927. The second-order valence-corrected chi connectivity index (χ2v) is 7.32. The standard InChI is InChI=1S/C15H21NO4S/c1-2-12-6-5-10-16(11-9-12)21(19,20)14-8-4-3-7-13(14)15(17)18/h3-4,7-8,12H,2,5-6,9-11H2,1H3,(H,17,18). The first kappa shape index (κ1) is 16.0. The minimum Gasteiger partial charge on any atom is -0.478 e. The molecule has 1 atom stereocenters. The van der Waals surface area contributed by atoms with Gasteiger partial charge >= 0.3 is 5.97 Å². The minimum absolute atomic E-state index is 0.104. The summed E-state index contributed by atoms with van der Waals surface area (Å²) in [5, 5.41) is 9.18. The molecule has 1 saturated heterocycles. The van der Waals surface area contributed by atoms with Gasteiger partial charge in [0.2, 0.25) is 10.0 Å². The van der Waals surface area contributed by atoms with Crippen molar-refractivity contribution in [1.82, 2.24) is 4.31 Å². The molecule has 0 radical (unpaired) electrons. The molecule has 1 fully saturated rings. The van der Waals surface area contributed by atoms with E-state index in [9.17, 15) is 18.3 Å². The van der Waals surface area contributed by atoms with Crippen molar-refractivity contribution in [1.29, 1.82) is 0 Å². The molecule has 1 aliphatic heterocycles. The van der Waals surface area contributed by atoms with E-state index in [1.165, 1.54) is 22.5 Å². The number of sulfonamides is 1. The van der Waals surface area contributed by atoms with Crippen molar-refractivity contribution in [2.45, 2.75) is 37.5 Å². The molecule has 1 aromatic carbocycles.